The molecule has 6 aromatic carbocycles. The summed E-state index contributed by atoms with van der Waals surface area (Å²) < 4.78 is 0. The van der Waals surface area contributed by atoms with E-state index in [2.05, 4.69) is 21.3 Å². The van der Waals surface area contributed by atoms with Crippen LogP contribution in [-0.2, 0) is 43.2 Å². The van der Waals surface area contributed by atoms with Crippen molar-refractivity contribution in [3.8, 4) is 0 Å². The number of hydrogen-bond donors (Lipinski definition) is 6. The Labute approximate surface area is 363 Å². The highest BCUT2D eigenvalue weighted by Gasteiger charge is 2.32. The molecule has 62 heavy (non-hydrogen) atoms. The lowest BCUT2D eigenvalue weighted by Crippen LogP contribution is -2.59. The van der Waals surface area contributed by atoms with E-state index in [-0.39, 0.29) is 37.4 Å². The van der Waals surface area contributed by atoms with Crippen molar-refractivity contribution in [2.45, 2.75) is 88.9 Å². The molecule has 11 heteroatoms. The fourth-order valence-corrected chi connectivity index (χ4v) is 7.82. The van der Waals surface area contributed by atoms with Crippen LogP contribution in [0.25, 0.3) is 32.3 Å². The van der Waals surface area contributed by atoms with E-state index in [0.29, 0.717) is 45.2 Å². The Morgan fingerprint density at radius 3 is 1.18 bits per heavy atom. The van der Waals surface area contributed by atoms with Crippen molar-refractivity contribution in [2.24, 2.45) is 11.5 Å². The molecule has 4 atom stereocenters. The minimum atomic E-state index is -1.16. The highest BCUT2D eigenvalue weighted by atomic mass is 16.2. The van der Waals surface area contributed by atoms with Crippen LogP contribution in [0.1, 0.15) is 62.1 Å². The molecule has 4 unspecified atom stereocenters. The van der Waals surface area contributed by atoms with Crippen LogP contribution in [0.4, 0.5) is 0 Å². The Morgan fingerprint density at radius 2 is 0.790 bits per heavy atom. The molecular weight excluding hydrogens is 777 g/mol. The Kier molecular flexibility index (Phi) is 16.3. The summed E-state index contributed by atoms with van der Waals surface area (Å²) in [6.45, 7) is 2.35. The summed E-state index contributed by atoms with van der Waals surface area (Å²) in [6.07, 6.45) is 3.56. The number of benzene rings is 6. The summed E-state index contributed by atoms with van der Waals surface area (Å²) in [5.41, 5.74) is 13.8. The van der Waals surface area contributed by atoms with Crippen LogP contribution in [-0.4, -0.2) is 66.7 Å². The Hall–Kier alpha value is -6.43. The molecule has 0 aromatic heterocycles. The van der Waals surface area contributed by atoms with E-state index in [4.69, 9.17) is 11.5 Å². The minimum Gasteiger partial charge on any atom is -0.345 e. The van der Waals surface area contributed by atoms with Crippen LogP contribution in [0.15, 0.2) is 127 Å². The topological polar surface area (TPSA) is 186 Å². The molecule has 0 bridgehead atoms. The van der Waals surface area contributed by atoms with Crippen molar-refractivity contribution in [1.82, 2.24) is 21.3 Å². The monoisotopic (exact) mass is 834 g/mol. The minimum absolute atomic E-state index is 0.0923. The molecular formula is C51H58N6O5. The van der Waals surface area contributed by atoms with Gasteiger partial charge in [-0.05, 0) is 101 Å². The molecule has 4 amide bonds. The van der Waals surface area contributed by atoms with E-state index in [0.717, 1.165) is 49.0 Å². The van der Waals surface area contributed by atoms with Crippen LogP contribution >= 0.6 is 0 Å². The number of nitrogens with one attached hydrogen (secondary N) is 4. The third kappa shape index (κ3) is 12.8. The molecule has 0 heterocycles. The second kappa shape index (κ2) is 22.4. The second-order valence-electron chi connectivity index (χ2n) is 16.1. The first-order chi connectivity index (χ1) is 30.1. The second-order valence-corrected chi connectivity index (χ2v) is 16.1. The van der Waals surface area contributed by atoms with Crippen LogP contribution < -0.4 is 32.7 Å². The maximum atomic E-state index is 14.7. The lowest BCUT2D eigenvalue weighted by atomic mass is 9.98. The van der Waals surface area contributed by atoms with Gasteiger partial charge in [-0.2, -0.15) is 0 Å². The number of hydrogen-bond acceptors (Lipinski definition) is 7. The van der Waals surface area contributed by atoms with Crippen molar-refractivity contribution < 1.29 is 24.0 Å². The van der Waals surface area contributed by atoms with E-state index >= 15 is 0 Å². The van der Waals surface area contributed by atoms with Crippen molar-refractivity contribution in [2.75, 3.05) is 13.1 Å². The summed E-state index contributed by atoms with van der Waals surface area (Å²) in [6, 6.07) is 37.2. The number of carbonyl (C=O) groups is 5. The SMILES string of the molecule is CC(=O)C(CCCCN)NC(=O)C(Cc1ccc2ccccc2c1)NC(=O)C(Cc1ccc2ccccc2c1)NC(=O)C(Cc1ccc2ccccc2c1)NC(=O)CCCCN. The Balaban J connectivity index is 1.31. The fraction of sp³-hybridized carbons (Fsp3) is 0.314. The van der Waals surface area contributed by atoms with Gasteiger partial charge in [-0.25, -0.2) is 0 Å². The van der Waals surface area contributed by atoms with Gasteiger partial charge in [-0.1, -0.05) is 127 Å². The number of unbranched alkanes of at least 4 members (excludes halogenated alkanes) is 2. The van der Waals surface area contributed by atoms with E-state index in [1.165, 1.54) is 6.92 Å². The van der Waals surface area contributed by atoms with Crippen LogP contribution in [0, 0.1) is 0 Å². The molecule has 6 rings (SSSR count). The lowest BCUT2D eigenvalue weighted by molar-refractivity contribution is -0.134. The van der Waals surface area contributed by atoms with Crippen LogP contribution in [0.5, 0.6) is 0 Å². The summed E-state index contributed by atoms with van der Waals surface area (Å²) in [7, 11) is 0. The number of Topliss-reactive ketones (excluding diaryl/α,β-unsaturated/α-hetero) is 1. The predicted octanol–water partition coefficient (Wildman–Crippen LogP) is 5.96. The number of ketones is 1. The molecule has 0 saturated heterocycles. The maximum Gasteiger partial charge on any atom is 0.243 e. The molecule has 0 aliphatic carbocycles. The molecule has 0 saturated carbocycles. The van der Waals surface area contributed by atoms with E-state index in [9.17, 15) is 24.0 Å². The summed E-state index contributed by atoms with van der Waals surface area (Å²) in [5, 5.41) is 17.8. The molecule has 0 radical (unpaired) electrons. The summed E-state index contributed by atoms with van der Waals surface area (Å²) in [5.74, 6) is -2.15. The van der Waals surface area contributed by atoms with Gasteiger partial charge in [0, 0.05) is 25.7 Å². The first-order valence-corrected chi connectivity index (χ1v) is 21.6. The van der Waals surface area contributed by atoms with Gasteiger partial charge in [0.05, 0.1) is 6.04 Å². The average Bonchev–Trinajstić information content (AvgIpc) is 3.27. The first-order valence-electron chi connectivity index (χ1n) is 21.6. The van der Waals surface area contributed by atoms with Crippen LogP contribution in [0.3, 0.4) is 0 Å². The molecule has 322 valence electrons. The summed E-state index contributed by atoms with van der Waals surface area (Å²) in [4.78, 5) is 69.5. The number of fused-ring (bicyclic) bond motifs is 3. The quantitative estimate of drug-likeness (QED) is 0.0456. The van der Waals surface area contributed by atoms with Gasteiger partial charge in [-0.3, -0.25) is 24.0 Å². The van der Waals surface area contributed by atoms with E-state index < -0.39 is 41.9 Å². The normalized spacial score (nSPS) is 13.2. The van der Waals surface area contributed by atoms with Gasteiger partial charge in [0.2, 0.25) is 23.6 Å². The van der Waals surface area contributed by atoms with Gasteiger partial charge in [0.15, 0.2) is 5.78 Å². The van der Waals surface area contributed by atoms with Gasteiger partial charge in [0.1, 0.15) is 18.1 Å². The number of amides is 4. The van der Waals surface area contributed by atoms with E-state index in [1.807, 2.05) is 127 Å². The predicted molar refractivity (Wildman–Crippen MR) is 247 cm³/mol. The van der Waals surface area contributed by atoms with Crippen LogP contribution in [0.2, 0.25) is 0 Å². The zero-order chi connectivity index (χ0) is 43.8. The molecule has 0 spiro atoms. The Morgan fingerprint density at radius 1 is 0.435 bits per heavy atom. The van der Waals surface area contributed by atoms with Gasteiger partial charge >= 0.3 is 0 Å². The molecule has 8 N–H and O–H groups in total. The average molecular weight is 835 g/mol. The van der Waals surface area contributed by atoms with Crippen molar-refractivity contribution in [3.05, 3.63) is 144 Å². The largest absolute Gasteiger partial charge is 0.345 e. The first kappa shape index (κ1) is 45.1. The Bertz CT molecular complexity index is 2500. The molecule has 0 aliphatic heterocycles. The van der Waals surface area contributed by atoms with Crippen molar-refractivity contribution in [1.29, 1.82) is 0 Å². The standard InChI is InChI=1S/C51H58N6O5/c1-34(58)44(18-8-10-26-52)55-50(61)46(32-36-21-24-39-13-3-6-16-42(39)29-36)57-51(62)47(33-37-22-25-40-14-4-7-17-43(40)30-37)56-49(60)45(54-48(59)19-9-11-27-53)31-35-20-23-38-12-2-5-15-41(38)28-35/h2-7,12-17,20-25,28-30,44-47H,8-11,18-19,26-27,31-33,52-53H2,1H3,(H,54,59)(H,55,61)(H,56,60)(H,57,62). The van der Waals surface area contributed by atoms with Gasteiger partial charge in [-0.15, -0.1) is 0 Å². The highest BCUT2D eigenvalue weighted by molar-refractivity contribution is 5.96. The van der Waals surface area contributed by atoms with Crippen molar-refractivity contribution >= 4 is 61.7 Å². The third-order valence-electron chi connectivity index (χ3n) is 11.3. The molecule has 11 nitrogen and oxygen atoms in total. The molecule has 0 fully saturated rings. The fourth-order valence-electron chi connectivity index (χ4n) is 7.82. The smallest absolute Gasteiger partial charge is 0.243 e. The number of nitrogens with two attached hydrogens (primary N) is 2. The molecule has 6 aromatic rings. The number of carbonyl (C=O) groups excluding carboxylic acids is 5. The highest BCUT2D eigenvalue weighted by Crippen LogP contribution is 2.21. The lowest BCUT2D eigenvalue weighted by Gasteiger charge is -2.27. The number of rotatable bonds is 22. The van der Waals surface area contributed by atoms with Gasteiger partial charge in [0.25, 0.3) is 0 Å². The third-order valence-corrected chi connectivity index (χ3v) is 11.3. The molecule has 0 aliphatic rings. The summed E-state index contributed by atoms with van der Waals surface area (Å²) >= 11 is 0. The maximum absolute atomic E-state index is 14.7. The zero-order valence-corrected chi connectivity index (χ0v) is 35.4. The van der Waals surface area contributed by atoms with Gasteiger partial charge < -0.3 is 32.7 Å². The van der Waals surface area contributed by atoms with Crippen molar-refractivity contribution in [3.63, 3.8) is 0 Å². The zero-order valence-electron chi connectivity index (χ0n) is 35.4. The van der Waals surface area contributed by atoms with E-state index in [1.54, 1.807) is 0 Å².